The minimum Gasteiger partial charge on any atom is -0.308 e. The zero-order valence-electron chi connectivity index (χ0n) is 9.36. The SMILES string of the molecule is Cc1ccn(-c2cc(C(F)(F)F)cc(NN)n2)n1. The second-order valence-electron chi connectivity index (χ2n) is 3.64. The van der Waals surface area contributed by atoms with Gasteiger partial charge in [0, 0.05) is 6.20 Å². The first-order valence-electron chi connectivity index (χ1n) is 4.98. The molecular weight excluding hydrogens is 247 g/mol. The maximum Gasteiger partial charge on any atom is 0.416 e. The van der Waals surface area contributed by atoms with Crippen molar-refractivity contribution >= 4 is 5.82 Å². The summed E-state index contributed by atoms with van der Waals surface area (Å²) in [4.78, 5) is 3.91. The molecule has 0 aliphatic heterocycles. The Morgan fingerprint density at radius 2 is 2.06 bits per heavy atom. The van der Waals surface area contributed by atoms with Gasteiger partial charge in [-0.2, -0.15) is 18.3 Å². The molecule has 2 rings (SSSR count). The van der Waals surface area contributed by atoms with Crippen molar-refractivity contribution in [1.29, 1.82) is 0 Å². The van der Waals surface area contributed by atoms with Crippen molar-refractivity contribution < 1.29 is 13.2 Å². The number of aryl methyl sites for hydroxylation is 1. The summed E-state index contributed by atoms with van der Waals surface area (Å²) in [5.41, 5.74) is 1.94. The van der Waals surface area contributed by atoms with E-state index in [1.807, 2.05) is 0 Å². The lowest BCUT2D eigenvalue weighted by Crippen LogP contribution is -2.14. The molecule has 2 aromatic rings. The average Bonchev–Trinajstić information content (AvgIpc) is 2.74. The molecule has 0 aromatic carbocycles. The van der Waals surface area contributed by atoms with Gasteiger partial charge in [-0.25, -0.2) is 15.5 Å². The van der Waals surface area contributed by atoms with Crippen LogP contribution in [0.4, 0.5) is 19.0 Å². The molecule has 0 aliphatic rings. The van der Waals surface area contributed by atoms with Gasteiger partial charge < -0.3 is 5.43 Å². The van der Waals surface area contributed by atoms with Gasteiger partial charge in [-0.15, -0.1) is 0 Å². The maximum absolute atomic E-state index is 12.7. The third-order valence-electron chi connectivity index (χ3n) is 2.24. The number of nitrogens with one attached hydrogen (secondary N) is 1. The molecule has 0 fully saturated rings. The Balaban J connectivity index is 2.54. The second kappa shape index (κ2) is 4.30. The molecule has 0 unspecified atom stereocenters. The second-order valence-corrected chi connectivity index (χ2v) is 3.64. The van der Waals surface area contributed by atoms with Crippen molar-refractivity contribution in [2.45, 2.75) is 13.1 Å². The third kappa shape index (κ3) is 2.43. The highest BCUT2D eigenvalue weighted by atomic mass is 19.4. The fourth-order valence-electron chi connectivity index (χ4n) is 1.41. The molecule has 8 heteroatoms. The van der Waals surface area contributed by atoms with Crippen molar-refractivity contribution in [2.75, 3.05) is 5.43 Å². The number of anilines is 1. The van der Waals surface area contributed by atoms with Gasteiger partial charge in [-0.3, -0.25) is 0 Å². The highest BCUT2D eigenvalue weighted by Crippen LogP contribution is 2.31. The van der Waals surface area contributed by atoms with E-state index >= 15 is 0 Å². The Kier molecular flexibility index (Phi) is 2.95. The number of alkyl halides is 3. The highest BCUT2D eigenvalue weighted by molar-refractivity contribution is 5.44. The summed E-state index contributed by atoms with van der Waals surface area (Å²) in [6.45, 7) is 1.73. The highest BCUT2D eigenvalue weighted by Gasteiger charge is 2.31. The minimum absolute atomic E-state index is 0.0471. The van der Waals surface area contributed by atoms with Gasteiger partial charge in [0.15, 0.2) is 5.82 Å². The van der Waals surface area contributed by atoms with Crippen LogP contribution in [0.25, 0.3) is 5.82 Å². The predicted octanol–water partition coefficient (Wildman–Crippen LogP) is 1.88. The van der Waals surface area contributed by atoms with Crippen LogP contribution in [0.3, 0.4) is 0 Å². The zero-order chi connectivity index (χ0) is 13.3. The van der Waals surface area contributed by atoms with E-state index < -0.39 is 11.7 Å². The molecule has 0 aliphatic carbocycles. The Hall–Kier alpha value is -2.09. The maximum atomic E-state index is 12.7. The number of nitrogens with two attached hydrogens (primary N) is 1. The Morgan fingerprint density at radius 3 is 2.56 bits per heavy atom. The largest absolute Gasteiger partial charge is 0.416 e. The van der Waals surface area contributed by atoms with Gasteiger partial charge >= 0.3 is 6.18 Å². The molecule has 0 amide bonds. The summed E-state index contributed by atoms with van der Waals surface area (Å²) < 4.78 is 39.3. The van der Waals surface area contributed by atoms with E-state index in [4.69, 9.17) is 5.84 Å². The van der Waals surface area contributed by atoms with Crippen molar-refractivity contribution in [3.8, 4) is 5.82 Å². The molecule has 18 heavy (non-hydrogen) atoms. The molecule has 0 atom stereocenters. The lowest BCUT2D eigenvalue weighted by atomic mass is 10.2. The smallest absolute Gasteiger partial charge is 0.308 e. The topological polar surface area (TPSA) is 68.8 Å². The van der Waals surface area contributed by atoms with Crippen LogP contribution in [0.5, 0.6) is 0 Å². The summed E-state index contributed by atoms with van der Waals surface area (Å²) in [5.74, 6) is 5.08. The lowest BCUT2D eigenvalue weighted by Gasteiger charge is -2.10. The van der Waals surface area contributed by atoms with Crippen LogP contribution in [0.15, 0.2) is 24.4 Å². The number of pyridine rings is 1. The van der Waals surface area contributed by atoms with Crippen LogP contribution in [-0.2, 0) is 6.18 Å². The summed E-state index contributed by atoms with van der Waals surface area (Å²) in [6.07, 6.45) is -2.94. The van der Waals surface area contributed by atoms with E-state index in [1.165, 1.54) is 10.9 Å². The molecule has 3 N–H and O–H groups in total. The number of aromatic nitrogens is 3. The molecule has 0 saturated carbocycles. The van der Waals surface area contributed by atoms with Gasteiger partial charge in [0.2, 0.25) is 0 Å². The Labute approximate surface area is 100 Å². The molecule has 0 radical (unpaired) electrons. The first-order chi connectivity index (χ1) is 8.40. The number of halogens is 3. The summed E-state index contributed by atoms with van der Waals surface area (Å²) in [5, 5.41) is 4.00. The molecule has 2 aromatic heterocycles. The van der Waals surface area contributed by atoms with E-state index in [0.717, 1.165) is 12.1 Å². The van der Waals surface area contributed by atoms with Crippen LogP contribution in [-0.4, -0.2) is 14.8 Å². The van der Waals surface area contributed by atoms with Gasteiger partial charge in [0.1, 0.15) is 5.82 Å². The third-order valence-corrected chi connectivity index (χ3v) is 2.24. The number of nitrogens with zero attached hydrogens (tertiary/aromatic N) is 3. The molecule has 2 heterocycles. The quantitative estimate of drug-likeness (QED) is 0.636. The normalized spacial score (nSPS) is 11.6. The summed E-state index contributed by atoms with van der Waals surface area (Å²) in [6, 6.07) is 3.41. The minimum atomic E-state index is -4.47. The van der Waals surface area contributed by atoms with Crippen LogP contribution >= 0.6 is 0 Å². The van der Waals surface area contributed by atoms with Crippen molar-refractivity contribution in [2.24, 2.45) is 5.84 Å². The van der Waals surface area contributed by atoms with Crippen LogP contribution in [0.1, 0.15) is 11.3 Å². The van der Waals surface area contributed by atoms with Gasteiger partial charge in [-0.05, 0) is 25.1 Å². The van der Waals surface area contributed by atoms with Crippen LogP contribution < -0.4 is 11.3 Å². The fourth-order valence-corrected chi connectivity index (χ4v) is 1.41. The lowest BCUT2D eigenvalue weighted by molar-refractivity contribution is -0.137. The molecular formula is C10H10F3N5. The number of nitrogen functional groups attached to an aromatic ring is 1. The fraction of sp³-hybridized carbons (Fsp3) is 0.200. The van der Waals surface area contributed by atoms with Crippen molar-refractivity contribution in [3.05, 3.63) is 35.7 Å². The average molecular weight is 257 g/mol. The van der Waals surface area contributed by atoms with Crippen molar-refractivity contribution in [3.63, 3.8) is 0 Å². The molecule has 96 valence electrons. The Morgan fingerprint density at radius 1 is 1.33 bits per heavy atom. The summed E-state index contributed by atoms with van der Waals surface area (Å²) >= 11 is 0. The first kappa shape index (κ1) is 12.4. The molecule has 5 nitrogen and oxygen atoms in total. The number of hydrogen-bond acceptors (Lipinski definition) is 4. The van der Waals surface area contributed by atoms with Crippen molar-refractivity contribution in [1.82, 2.24) is 14.8 Å². The van der Waals surface area contributed by atoms with Gasteiger partial charge in [0.05, 0.1) is 11.3 Å². The molecule has 0 bridgehead atoms. The summed E-state index contributed by atoms with van der Waals surface area (Å²) in [7, 11) is 0. The van der Waals surface area contributed by atoms with E-state index in [-0.39, 0.29) is 11.6 Å². The molecule has 0 spiro atoms. The van der Waals surface area contributed by atoms with Crippen LogP contribution in [0.2, 0.25) is 0 Å². The van der Waals surface area contributed by atoms with E-state index in [9.17, 15) is 13.2 Å². The molecule has 0 saturated heterocycles. The first-order valence-corrected chi connectivity index (χ1v) is 4.98. The predicted molar refractivity (Wildman–Crippen MR) is 58.9 cm³/mol. The zero-order valence-corrected chi connectivity index (χ0v) is 9.36. The van der Waals surface area contributed by atoms with E-state index in [2.05, 4.69) is 15.5 Å². The van der Waals surface area contributed by atoms with E-state index in [0.29, 0.717) is 5.69 Å². The standard InChI is InChI=1S/C10H10F3N5/c1-6-2-3-18(17-6)9-5-7(10(11,12)13)4-8(15-9)16-14/h2-5H,14H2,1H3,(H,15,16). The van der Waals surface area contributed by atoms with E-state index in [1.54, 1.807) is 13.0 Å². The van der Waals surface area contributed by atoms with Gasteiger partial charge in [0.25, 0.3) is 0 Å². The Bertz CT molecular complexity index is 561. The monoisotopic (exact) mass is 257 g/mol. The number of hydrogen-bond donors (Lipinski definition) is 2. The number of rotatable bonds is 2. The number of hydrazine groups is 1. The van der Waals surface area contributed by atoms with Crippen LogP contribution in [0, 0.1) is 6.92 Å². The van der Waals surface area contributed by atoms with Gasteiger partial charge in [-0.1, -0.05) is 0 Å².